The Bertz CT molecular complexity index is 838. The molecule has 8 heteroatoms. The number of amides is 2. The summed E-state index contributed by atoms with van der Waals surface area (Å²) in [6, 6.07) is 7.68. The first-order chi connectivity index (χ1) is 17.0. The SMILES string of the molecule is CCC=C1CN[C@@H](C)COc2ccccc2CCCNC(=O)C(CN2CCCCC2)NC(=O)CN1. The predicted molar refractivity (Wildman–Crippen MR) is 139 cm³/mol. The first-order valence-corrected chi connectivity index (χ1v) is 13.2. The summed E-state index contributed by atoms with van der Waals surface area (Å²) in [7, 11) is 0. The molecule has 2 aliphatic rings. The molecule has 0 aromatic heterocycles. The zero-order chi connectivity index (χ0) is 24.9. The van der Waals surface area contributed by atoms with E-state index in [0.717, 1.165) is 62.2 Å². The second kappa shape index (κ2) is 14.7. The van der Waals surface area contributed by atoms with Crippen molar-refractivity contribution in [1.82, 2.24) is 26.2 Å². The molecule has 1 aromatic rings. The Morgan fingerprint density at radius 1 is 1.06 bits per heavy atom. The van der Waals surface area contributed by atoms with E-state index in [1.54, 1.807) is 0 Å². The maximum atomic E-state index is 13.1. The van der Waals surface area contributed by atoms with E-state index in [-0.39, 0.29) is 24.4 Å². The van der Waals surface area contributed by atoms with Gasteiger partial charge in [-0.3, -0.25) is 9.59 Å². The highest BCUT2D eigenvalue weighted by Gasteiger charge is 2.24. The minimum absolute atomic E-state index is 0.116. The zero-order valence-corrected chi connectivity index (χ0v) is 21.4. The summed E-state index contributed by atoms with van der Waals surface area (Å²) < 4.78 is 6.12. The standard InChI is InChI=1S/C27H43N5O3/c1-3-10-23-17-29-21(2)20-35-25-13-6-5-11-22(25)12-9-14-28-27(34)24(31-26(33)18-30-23)19-32-15-7-4-8-16-32/h5-6,10-11,13,21,24,29-30H,3-4,7-9,12,14-20H2,1-2H3,(H,28,34)(H,31,33)/t21-,24?/m0/s1. The summed E-state index contributed by atoms with van der Waals surface area (Å²) in [5.41, 5.74) is 2.11. The Morgan fingerprint density at radius 2 is 1.86 bits per heavy atom. The van der Waals surface area contributed by atoms with Gasteiger partial charge in [-0.1, -0.05) is 37.6 Å². The smallest absolute Gasteiger partial charge is 0.243 e. The van der Waals surface area contributed by atoms with E-state index in [1.807, 2.05) is 18.2 Å². The van der Waals surface area contributed by atoms with Crippen LogP contribution < -0.4 is 26.0 Å². The van der Waals surface area contributed by atoms with E-state index < -0.39 is 6.04 Å². The summed E-state index contributed by atoms with van der Waals surface area (Å²) in [5.74, 6) is 0.608. The molecule has 0 spiro atoms. The summed E-state index contributed by atoms with van der Waals surface area (Å²) in [5, 5.41) is 12.8. The van der Waals surface area contributed by atoms with Crippen molar-refractivity contribution in [3.8, 4) is 5.75 Å². The van der Waals surface area contributed by atoms with Crippen LogP contribution in [0.1, 0.15) is 51.5 Å². The largest absolute Gasteiger partial charge is 0.492 e. The normalized spacial score (nSPS) is 25.3. The van der Waals surface area contributed by atoms with Gasteiger partial charge in [0, 0.05) is 31.4 Å². The number of benzene rings is 1. The van der Waals surface area contributed by atoms with Crippen LogP contribution in [-0.4, -0.2) is 74.7 Å². The summed E-state index contributed by atoms with van der Waals surface area (Å²) >= 11 is 0. The first kappa shape index (κ1) is 27.0. The molecule has 0 saturated carbocycles. The molecule has 1 unspecified atom stereocenters. The quantitative estimate of drug-likeness (QED) is 0.523. The van der Waals surface area contributed by atoms with E-state index in [4.69, 9.17) is 4.74 Å². The van der Waals surface area contributed by atoms with Crippen molar-refractivity contribution >= 4 is 11.8 Å². The number of nitrogens with zero attached hydrogens (tertiary/aromatic N) is 1. The van der Waals surface area contributed by atoms with Gasteiger partial charge >= 0.3 is 0 Å². The third-order valence-corrected chi connectivity index (χ3v) is 6.49. The fourth-order valence-electron chi connectivity index (χ4n) is 4.51. The van der Waals surface area contributed by atoms with Crippen molar-refractivity contribution in [2.45, 2.75) is 64.5 Å². The number of aryl methyl sites for hydroxylation is 1. The van der Waals surface area contributed by atoms with E-state index in [9.17, 15) is 9.59 Å². The van der Waals surface area contributed by atoms with E-state index in [0.29, 0.717) is 26.2 Å². The van der Waals surface area contributed by atoms with E-state index >= 15 is 0 Å². The highest BCUT2D eigenvalue weighted by atomic mass is 16.5. The molecule has 4 N–H and O–H groups in total. The molecule has 35 heavy (non-hydrogen) atoms. The average molecular weight is 486 g/mol. The maximum absolute atomic E-state index is 13.1. The molecule has 3 rings (SSSR count). The number of allylic oxidation sites excluding steroid dienone is 1. The summed E-state index contributed by atoms with van der Waals surface area (Å²) in [6.45, 7) is 8.51. The maximum Gasteiger partial charge on any atom is 0.243 e. The lowest BCUT2D eigenvalue weighted by atomic mass is 10.1. The second-order valence-corrected chi connectivity index (χ2v) is 9.57. The minimum atomic E-state index is -0.561. The number of ether oxygens (including phenoxy) is 1. The molecular formula is C27H43N5O3. The highest BCUT2D eigenvalue weighted by molar-refractivity contribution is 5.88. The number of piperidine rings is 1. The molecule has 1 saturated heterocycles. The molecule has 2 atom stereocenters. The predicted octanol–water partition coefficient (Wildman–Crippen LogP) is 1.96. The topological polar surface area (TPSA) is 94.7 Å². The third kappa shape index (κ3) is 9.53. The van der Waals surface area contributed by atoms with Crippen LogP contribution in [0.5, 0.6) is 5.75 Å². The van der Waals surface area contributed by atoms with Crippen LogP contribution in [0.2, 0.25) is 0 Å². The van der Waals surface area contributed by atoms with Crippen molar-refractivity contribution in [2.75, 3.05) is 45.9 Å². The van der Waals surface area contributed by atoms with Crippen LogP contribution in [0.4, 0.5) is 0 Å². The fourth-order valence-corrected chi connectivity index (χ4v) is 4.51. The monoisotopic (exact) mass is 485 g/mol. The van der Waals surface area contributed by atoms with Gasteiger partial charge in [0.2, 0.25) is 11.8 Å². The number of carbonyl (C=O) groups is 2. The Balaban J connectivity index is 1.71. The summed E-state index contributed by atoms with van der Waals surface area (Å²) in [4.78, 5) is 28.1. The van der Waals surface area contributed by atoms with Gasteiger partial charge in [-0.05, 0) is 63.7 Å². The molecule has 0 bridgehead atoms. The molecule has 8 nitrogen and oxygen atoms in total. The molecule has 2 amide bonds. The lowest BCUT2D eigenvalue weighted by Gasteiger charge is -2.30. The molecular weight excluding hydrogens is 442 g/mol. The van der Waals surface area contributed by atoms with Gasteiger partial charge < -0.3 is 30.9 Å². The van der Waals surface area contributed by atoms with Crippen molar-refractivity contribution in [3.63, 3.8) is 0 Å². The van der Waals surface area contributed by atoms with Gasteiger partial charge in [0.1, 0.15) is 18.4 Å². The number of para-hydroxylation sites is 1. The van der Waals surface area contributed by atoms with Crippen LogP contribution in [0.25, 0.3) is 0 Å². The number of hydrogen-bond donors (Lipinski definition) is 4. The van der Waals surface area contributed by atoms with Crippen LogP contribution in [0, 0.1) is 0 Å². The Labute approximate surface area is 210 Å². The fraction of sp³-hybridized carbons (Fsp3) is 0.630. The van der Waals surface area contributed by atoms with Gasteiger partial charge in [0.25, 0.3) is 0 Å². The van der Waals surface area contributed by atoms with Crippen LogP contribution in [-0.2, 0) is 16.0 Å². The van der Waals surface area contributed by atoms with Crippen LogP contribution >= 0.6 is 0 Å². The Hall–Kier alpha value is -2.58. The highest BCUT2D eigenvalue weighted by Crippen LogP contribution is 2.19. The number of hydrogen-bond acceptors (Lipinski definition) is 6. The van der Waals surface area contributed by atoms with E-state index in [1.165, 1.54) is 6.42 Å². The van der Waals surface area contributed by atoms with Gasteiger partial charge in [-0.25, -0.2) is 0 Å². The lowest BCUT2D eigenvalue weighted by molar-refractivity contribution is -0.129. The number of rotatable bonds is 3. The molecule has 1 fully saturated rings. The van der Waals surface area contributed by atoms with Crippen LogP contribution in [0.3, 0.4) is 0 Å². The van der Waals surface area contributed by atoms with Gasteiger partial charge in [-0.2, -0.15) is 0 Å². The zero-order valence-electron chi connectivity index (χ0n) is 21.4. The minimum Gasteiger partial charge on any atom is -0.492 e. The van der Waals surface area contributed by atoms with Crippen molar-refractivity contribution < 1.29 is 14.3 Å². The first-order valence-electron chi connectivity index (χ1n) is 13.2. The van der Waals surface area contributed by atoms with Crippen LogP contribution in [0.15, 0.2) is 36.0 Å². The number of likely N-dealkylation sites (tertiary alicyclic amines) is 1. The molecule has 0 aliphatic carbocycles. The number of carbonyl (C=O) groups excluding carboxylic acids is 2. The molecule has 194 valence electrons. The number of fused-ring (bicyclic) bond motifs is 1. The van der Waals surface area contributed by atoms with Crippen molar-refractivity contribution in [1.29, 1.82) is 0 Å². The number of nitrogens with one attached hydrogen (secondary N) is 4. The molecule has 1 aromatic carbocycles. The summed E-state index contributed by atoms with van der Waals surface area (Å²) in [6.07, 6.45) is 8.08. The molecule has 2 heterocycles. The van der Waals surface area contributed by atoms with Gasteiger partial charge in [0.05, 0.1) is 6.54 Å². The molecule has 2 aliphatic heterocycles. The van der Waals surface area contributed by atoms with Gasteiger partial charge in [0.15, 0.2) is 0 Å². The lowest BCUT2D eigenvalue weighted by Crippen LogP contribution is -2.55. The third-order valence-electron chi connectivity index (χ3n) is 6.49. The van der Waals surface area contributed by atoms with Crippen molar-refractivity contribution in [3.05, 3.63) is 41.6 Å². The second-order valence-electron chi connectivity index (χ2n) is 9.57. The average Bonchev–Trinajstić information content (AvgIpc) is 2.87. The Kier molecular flexibility index (Phi) is 11.4. The van der Waals surface area contributed by atoms with Crippen molar-refractivity contribution in [2.24, 2.45) is 0 Å². The molecule has 0 radical (unpaired) electrons. The van der Waals surface area contributed by atoms with E-state index in [2.05, 4.69) is 52.2 Å². The Morgan fingerprint density at radius 3 is 2.66 bits per heavy atom. The van der Waals surface area contributed by atoms with Gasteiger partial charge in [-0.15, -0.1) is 0 Å².